The summed E-state index contributed by atoms with van der Waals surface area (Å²) in [6, 6.07) is 17.7. The average molecular weight is 507 g/mol. The second-order valence-electron chi connectivity index (χ2n) is 9.25. The van der Waals surface area contributed by atoms with Crippen molar-refractivity contribution in [3.8, 4) is 5.69 Å². The van der Waals surface area contributed by atoms with E-state index >= 15 is 0 Å². The standard InChI is InChI=1S/C28H28ClFN4O2/c1-17(2)16-33(28(36)31-20-9-7-8-18(3)14-20)19(4)26-32-25-11-6-5-10-22(25)27(35)34(26)21-12-13-24(30)23(29)15-21/h5-15,17,19H,16H2,1-4H3,(H,31,36). The minimum atomic E-state index is -0.599. The summed E-state index contributed by atoms with van der Waals surface area (Å²) in [5, 5.41) is 3.27. The van der Waals surface area contributed by atoms with Crippen LogP contribution in [0.25, 0.3) is 16.6 Å². The molecular formula is C28H28ClFN4O2. The van der Waals surface area contributed by atoms with Crippen molar-refractivity contribution in [1.82, 2.24) is 14.5 Å². The molecule has 2 amide bonds. The van der Waals surface area contributed by atoms with Crippen molar-refractivity contribution in [3.63, 3.8) is 0 Å². The Morgan fingerprint density at radius 3 is 2.53 bits per heavy atom. The summed E-state index contributed by atoms with van der Waals surface area (Å²) in [6.45, 7) is 8.23. The van der Waals surface area contributed by atoms with Crippen LogP contribution in [0, 0.1) is 18.7 Å². The van der Waals surface area contributed by atoms with Gasteiger partial charge in [0.25, 0.3) is 5.56 Å². The predicted octanol–water partition coefficient (Wildman–Crippen LogP) is 6.74. The number of hydrogen-bond acceptors (Lipinski definition) is 3. The van der Waals surface area contributed by atoms with Crippen LogP contribution >= 0.6 is 11.6 Å². The van der Waals surface area contributed by atoms with Crippen molar-refractivity contribution in [2.75, 3.05) is 11.9 Å². The smallest absolute Gasteiger partial charge is 0.314 e. The molecule has 1 atom stereocenters. The van der Waals surface area contributed by atoms with Crippen molar-refractivity contribution in [2.45, 2.75) is 33.7 Å². The highest BCUT2D eigenvalue weighted by Crippen LogP contribution is 2.26. The molecule has 0 spiro atoms. The lowest BCUT2D eigenvalue weighted by molar-refractivity contribution is 0.179. The molecule has 0 aliphatic rings. The van der Waals surface area contributed by atoms with Gasteiger partial charge in [-0.05, 0) is 67.8 Å². The first-order valence-electron chi connectivity index (χ1n) is 11.8. The summed E-state index contributed by atoms with van der Waals surface area (Å²) in [5.41, 5.74) is 2.26. The number of carbonyl (C=O) groups excluding carboxylic acids is 1. The zero-order valence-electron chi connectivity index (χ0n) is 20.6. The van der Waals surface area contributed by atoms with E-state index in [0.717, 1.165) is 5.56 Å². The maximum Gasteiger partial charge on any atom is 0.322 e. The van der Waals surface area contributed by atoms with Crippen molar-refractivity contribution in [3.05, 3.63) is 99.3 Å². The molecule has 0 saturated carbocycles. The second kappa shape index (κ2) is 10.5. The number of nitrogens with one attached hydrogen (secondary N) is 1. The molecule has 0 bridgehead atoms. The third-order valence-corrected chi connectivity index (χ3v) is 6.19. The molecule has 4 aromatic rings. The summed E-state index contributed by atoms with van der Waals surface area (Å²) in [7, 11) is 0. The number of rotatable bonds is 6. The van der Waals surface area contributed by atoms with E-state index in [1.165, 1.54) is 22.8 Å². The normalized spacial score (nSPS) is 12.1. The Hall–Kier alpha value is -3.71. The van der Waals surface area contributed by atoms with Crippen LogP contribution in [0.3, 0.4) is 0 Å². The van der Waals surface area contributed by atoms with Crippen molar-refractivity contribution in [2.24, 2.45) is 5.92 Å². The zero-order chi connectivity index (χ0) is 26.0. The fraction of sp³-hybridized carbons (Fsp3) is 0.250. The summed E-state index contributed by atoms with van der Waals surface area (Å²) in [6.07, 6.45) is 0. The molecule has 1 heterocycles. The Kier molecular flexibility index (Phi) is 7.40. The van der Waals surface area contributed by atoms with Crippen LogP contribution in [0.1, 0.15) is 38.2 Å². The number of carbonyl (C=O) groups is 1. The van der Waals surface area contributed by atoms with E-state index in [1.807, 2.05) is 52.0 Å². The van der Waals surface area contributed by atoms with E-state index in [2.05, 4.69) is 5.32 Å². The van der Waals surface area contributed by atoms with Gasteiger partial charge in [-0.25, -0.2) is 14.2 Å². The van der Waals surface area contributed by atoms with Crippen LogP contribution in [-0.4, -0.2) is 27.0 Å². The first kappa shape index (κ1) is 25.4. The SMILES string of the molecule is Cc1cccc(NC(=O)N(CC(C)C)C(C)c2nc3ccccc3c(=O)n2-c2ccc(F)c(Cl)c2)c1. The number of nitrogens with zero attached hydrogens (tertiary/aromatic N) is 3. The summed E-state index contributed by atoms with van der Waals surface area (Å²) >= 11 is 6.07. The molecule has 8 heteroatoms. The molecule has 1 N–H and O–H groups in total. The number of halogens is 2. The molecule has 0 saturated heterocycles. The van der Waals surface area contributed by atoms with Gasteiger partial charge in [0.05, 0.1) is 27.7 Å². The average Bonchev–Trinajstić information content (AvgIpc) is 2.84. The van der Waals surface area contributed by atoms with Gasteiger partial charge in [0, 0.05) is 12.2 Å². The highest BCUT2D eigenvalue weighted by atomic mass is 35.5. The van der Waals surface area contributed by atoms with Gasteiger partial charge in [0.15, 0.2) is 0 Å². The molecule has 0 fully saturated rings. The monoisotopic (exact) mass is 506 g/mol. The Bertz CT molecular complexity index is 1480. The van der Waals surface area contributed by atoms with Crippen LogP contribution in [0.2, 0.25) is 5.02 Å². The second-order valence-corrected chi connectivity index (χ2v) is 9.66. The molecule has 1 unspecified atom stereocenters. The maximum absolute atomic E-state index is 13.9. The lowest BCUT2D eigenvalue weighted by atomic mass is 10.1. The third-order valence-electron chi connectivity index (χ3n) is 5.90. The van der Waals surface area contributed by atoms with Crippen LogP contribution in [0.15, 0.2) is 71.5 Å². The van der Waals surface area contributed by atoms with E-state index in [9.17, 15) is 14.0 Å². The molecule has 186 valence electrons. The van der Waals surface area contributed by atoms with Gasteiger partial charge in [-0.15, -0.1) is 0 Å². The van der Waals surface area contributed by atoms with Gasteiger partial charge in [0.2, 0.25) is 0 Å². The number of aromatic nitrogens is 2. The molecular weight excluding hydrogens is 479 g/mol. The van der Waals surface area contributed by atoms with Gasteiger partial charge in [-0.2, -0.15) is 0 Å². The summed E-state index contributed by atoms with van der Waals surface area (Å²) < 4.78 is 15.4. The molecule has 6 nitrogen and oxygen atoms in total. The quantitative estimate of drug-likeness (QED) is 0.315. The van der Waals surface area contributed by atoms with E-state index in [0.29, 0.717) is 34.6 Å². The Morgan fingerprint density at radius 2 is 1.83 bits per heavy atom. The molecule has 0 radical (unpaired) electrons. The van der Waals surface area contributed by atoms with Crippen molar-refractivity contribution in [1.29, 1.82) is 0 Å². The van der Waals surface area contributed by atoms with E-state index in [4.69, 9.17) is 16.6 Å². The predicted molar refractivity (Wildman–Crippen MR) is 142 cm³/mol. The number of hydrogen-bond donors (Lipinski definition) is 1. The molecule has 3 aromatic carbocycles. The topological polar surface area (TPSA) is 67.2 Å². The molecule has 36 heavy (non-hydrogen) atoms. The van der Waals surface area contributed by atoms with E-state index < -0.39 is 11.9 Å². The Balaban J connectivity index is 1.86. The molecule has 4 rings (SSSR count). The van der Waals surface area contributed by atoms with Crippen molar-refractivity contribution >= 4 is 34.2 Å². The number of fused-ring (bicyclic) bond motifs is 1. The Labute approximate surface area is 214 Å². The Morgan fingerprint density at radius 1 is 1.08 bits per heavy atom. The number of anilines is 1. The minimum absolute atomic E-state index is 0.109. The molecule has 0 aliphatic heterocycles. The van der Waals surface area contributed by atoms with Gasteiger partial charge in [-0.1, -0.05) is 49.7 Å². The number of aryl methyl sites for hydroxylation is 1. The number of para-hydroxylation sites is 1. The zero-order valence-corrected chi connectivity index (χ0v) is 21.4. The largest absolute Gasteiger partial charge is 0.322 e. The highest BCUT2D eigenvalue weighted by Gasteiger charge is 2.28. The minimum Gasteiger partial charge on any atom is -0.314 e. The molecule has 1 aromatic heterocycles. The fourth-order valence-electron chi connectivity index (χ4n) is 4.17. The van der Waals surface area contributed by atoms with Gasteiger partial charge in [-0.3, -0.25) is 9.36 Å². The lowest BCUT2D eigenvalue weighted by Gasteiger charge is -2.32. The third kappa shape index (κ3) is 5.26. The maximum atomic E-state index is 13.9. The number of urea groups is 1. The van der Waals surface area contributed by atoms with Crippen molar-refractivity contribution < 1.29 is 9.18 Å². The number of benzene rings is 3. The van der Waals surface area contributed by atoms with E-state index in [-0.39, 0.29) is 22.5 Å². The van der Waals surface area contributed by atoms with E-state index in [1.54, 1.807) is 29.2 Å². The first-order valence-corrected chi connectivity index (χ1v) is 12.1. The van der Waals surface area contributed by atoms with Crippen LogP contribution < -0.4 is 10.9 Å². The first-order chi connectivity index (χ1) is 17.2. The number of amides is 2. The highest BCUT2D eigenvalue weighted by molar-refractivity contribution is 6.30. The lowest BCUT2D eigenvalue weighted by Crippen LogP contribution is -2.41. The van der Waals surface area contributed by atoms with Crippen LogP contribution in [-0.2, 0) is 0 Å². The summed E-state index contributed by atoms with van der Waals surface area (Å²) in [5.74, 6) is -0.0891. The summed E-state index contributed by atoms with van der Waals surface area (Å²) in [4.78, 5) is 33.6. The molecule has 0 aliphatic carbocycles. The van der Waals surface area contributed by atoms with Gasteiger partial charge in [0.1, 0.15) is 11.6 Å². The van der Waals surface area contributed by atoms with Crippen LogP contribution in [0.4, 0.5) is 14.9 Å². The van der Waals surface area contributed by atoms with Gasteiger partial charge >= 0.3 is 6.03 Å². The van der Waals surface area contributed by atoms with Gasteiger partial charge < -0.3 is 10.2 Å². The van der Waals surface area contributed by atoms with Crippen LogP contribution in [0.5, 0.6) is 0 Å². The fourth-order valence-corrected chi connectivity index (χ4v) is 4.35.